The summed E-state index contributed by atoms with van der Waals surface area (Å²) in [6, 6.07) is 9.87. The van der Waals surface area contributed by atoms with Crippen molar-refractivity contribution in [2.24, 2.45) is 5.92 Å². The largest absolute Gasteiger partial charge is 0.493 e. The Morgan fingerprint density at radius 2 is 1.75 bits per heavy atom. The molecule has 0 radical (unpaired) electrons. The number of fused-ring (bicyclic) bond motifs is 1. The van der Waals surface area contributed by atoms with Gasteiger partial charge in [-0.05, 0) is 49.6 Å². The van der Waals surface area contributed by atoms with Gasteiger partial charge in [0.2, 0.25) is 0 Å². The molecule has 0 saturated carbocycles. The molecule has 0 bridgehead atoms. The number of esters is 1. The monoisotopic (exact) mass is 443 g/mol. The molecule has 0 spiro atoms. The minimum Gasteiger partial charge on any atom is -0.493 e. The Morgan fingerprint density at radius 1 is 1.00 bits per heavy atom. The highest BCUT2D eigenvalue weighted by molar-refractivity contribution is 5.97. The van der Waals surface area contributed by atoms with Gasteiger partial charge in [0.25, 0.3) is 5.91 Å². The Labute approximate surface area is 187 Å². The van der Waals surface area contributed by atoms with Gasteiger partial charge in [0, 0.05) is 11.8 Å². The molecular formula is C24H29NO7. The summed E-state index contributed by atoms with van der Waals surface area (Å²) in [6.45, 7) is 7.22. The summed E-state index contributed by atoms with van der Waals surface area (Å²) in [7, 11) is 1.50. The van der Waals surface area contributed by atoms with Crippen molar-refractivity contribution >= 4 is 17.6 Å². The SMILES string of the molecule is COc1cc(C(=O)OC(C)C(=O)Nc2ccc3c(c2)OCCO3)ccc1OCCC(C)C. The molecule has 8 nitrogen and oxygen atoms in total. The summed E-state index contributed by atoms with van der Waals surface area (Å²) in [4.78, 5) is 25.0. The van der Waals surface area contributed by atoms with Gasteiger partial charge < -0.3 is 29.0 Å². The number of carbonyl (C=O) groups excluding carboxylic acids is 2. The summed E-state index contributed by atoms with van der Waals surface area (Å²) in [5.74, 6) is 1.58. The molecule has 2 aromatic carbocycles. The van der Waals surface area contributed by atoms with Gasteiger partial charge in [-0.25, -0.2) is 4.79 Å². The fourth-order valence-electron chi connectivity index (χ4n) is 2.97. The maximum Gasteiger partial charge on any atom is 0.339 e. The van der Waals surface area contributed by atoms with E-state index in [0.29, 0.717) is 54.4 Å². The van der Waals surface area contributed by atoms with Gasteiger partial charge in [-0.15, -0.1) is 0 Å². The second-order valence-corrected chi connectivity index (χ2v) is 7.79. The molecule has 0 saturated heterocycles. The molecule has 1 atom stereocenters. The van der Waals surface area contributed by atoms with Crippen LogP contribution >= 0.6 is 0 Å². The Morgan fingerprint density at radius 3 is 2.47 bits per heavy atom. The number of rotatable bonds is 9. The van der Waals surface area contributed by atoms with E-state index in [0.717, 1.165) is 6.42 Å². The molecular weight excluding hydrogens is 414 g/mol. The van der Waals surface area contributed by atoms with E-state index < -0.39 is 18.0 Å². The highest BCUT2D eigenvalue weighted by atomic mass is 16.6. The number of nitrogens with one attached hydrogen (secondary N) is 1. The lowest BCUT2D eigenvalue weighted by atomic mass is 10.1. The lowest BCUT2D eigenvalue weighted by Gasteiger charge is -2.19. The number of anilines is 1. The molecule has 0 aliphatic carbocycles. The topological polar surface area (TPSA) is 92.3 Å². The number of hydrogen-bond donors (Lipinski definition) is 1. The Hall–Kier alpha value is -3.42. The molecule has 32 heavy (non-hydrogen) atoms. The predicted octanol–water partition coefficient (Wildman–Crippen LogP) is 4.08. The summed E-state index contributed by atoms with van der Waals surface area (Å²) < 4.78 is 27.4. The van der Waals surface area contributed by atoms with Gasteiger partial charge in [0.05, 0.1) is 19.3 Å². The van der Waals surface area contributed by atoms with Gasteiger partial charge in [0.15, 0.2) is 29.1 Å². The molecule has 1 heterocycles. The van der Waals surface area contributed by atoms with E-state index in [1.165, 1.54) is 14.0 Å². The Balaban J connectivity index is 1.59. The fraction of sp³-hybridized carbons (Fsp3) is 0.417. The summed E-state index contributed by atoms with van der Waals surface area (Å²) in [5, 5.41) is 2.72. The molecule has 1 aliphatic heterocycles. The zero-order valence-corrected chi connectivity index (χ0v) is 18.8. The molecule has 1 aliphatic rings. The first-order valence-corrected chi connectivity index (χ1v) is 10.6. The molecule has 1 unspecified atom stereocenters. The van der Waals surface area contributed by atoms with Gasteiger partial charge in [-0.3, -0.25) is 4.79 Å². The van der Waals surface area contributed by atoms with Crippen LogP contribution in [0.2, 0.25) is 0 Å². The number of benzene rings is 2. The quantitative estimate of drug-likeness (QED) is 0.584. The van der Waals surface area contributed by atoms with Crippen LogP contribution in [-0.4, -0.2) is 44.9 Å². The third-order valence-corrected chi connectivity index (χ3v) is 4.81. The molecule has 0 fully saturated rings. The second-order valence-electron chi connectivity index (χ2n) is 7.79. The number of ether oxygens (including phenoxy) is 5. The lowest BCUT2D eigenvalue weighted by Crippen LogP contribution is -2.30. The van der Waals surface area contributed by atoms with Crippen molar-refractivity contribution in [1.82, 2.24) is 0 Å². The second kappa shape index (κ2) is 10.7. The fourth-order valence-corrected chi connectivity index (χ4v) is 2.97. The van der Waals surface area contributed by atoms with Gasteiger partial charge in [0.1, 0.15) is 13.2 Å². The van der Waals surface area contributed by atoms with E-state index in [1.54, 1.807) is 36.4 Å². The molecule has 1 N–H and O–H groups in total. The van der Waals surface area contributed by atoms with E-state index >= 15 is 0 Å². The van der Waals surface area contributed by atoms with Crippen molar-refractivity contribution in [3.05, 3.63) is 42.0 Å². The first kappa shape index (κ1) is 23.2. The average molecular weight is 443 g/mol. The van der Waals surface area contributed by atoms with Crippen LogP contribution in [0, 0.1) is 5.92 Å². The van der Waals surface area contributed by atoms with Crippen molar-refractivity contribution in [1.29, 1.82) is 0 Å². The normalized spacial score (nSPS) is 13.3. The van der Waals surface area contributed by atoms with E-state index in [4.69, 9.17) is 23.7 Å². The van der Waals surface area contributed by atoms with Crippen molar-refractivity contribution < 1.29 is 33.3 Å². The third kappa shape index (κ3) is 6.06. The van der Waals surface area contributed by atoms with E-state index in [2.05, 4.69) is 19.2 Å². The Bertz CT molecular complexity index is 957. The van der Waals surface area contributed by atoms with Crippen LogP contribution in [0.4, 0.5) is 5.69 Å². The van der Waals surface area contributed by atoms with Crippen molar-refractivity contribution in [3.8, 4) is 23.0 Å². The summed E-state index contributed by atoms with van der Waals surface area (Å²) in [5.41, 5.74) is 0.781. The van der Waals surface area contributed by atoms with Crippen LogP contribution in [0.15, 0.2) is 36.4 Å². The van der Waals surface area contributed by atoms with E-state index in [-0.39, 0.29) is 5.56 Å². The first-order valence-electron chi connectivity index (χ1n) is 10.6. The minimum atomic E-state index is -1.01. The average Bonchev–Trinajstić information content (AvgIpc) is 2.78. The summed E-state index contributed by atoms with van der Waals surface area (Å²) >= 11 is 0. The first-order chi connectivity index (χ1) is 15.4. The molecule has 0 aromatic heterocycles. The molecule has 3 rings (SSSR count). The number of carbonyl (C=O) groups is 2. The van der Waals surface area contributed by atoms with Crippen LogP contribution < -0.4 is 24.3 Å². The third-order valence-electron chi connectivity index (χ3n) is 4.81. The standard InChI is InChI=1S/C24H29NO7/c1-15(2)9-10-29-19-7-5-17(13-21(19)28-4)24(27)32-16(3)23(26)25-18-6-8-20-22(14-18)31-12-11-30-20/h5-8,13-16H,9-12H2,1-4H3,(H,25,26). The van der Waals surface area contributed by atoms with Crippen LogP contribution in [0.1, 0.15) is 37.6 Å². The molecule has 2 aromatic rings. The number of amides is 1. The van der Waals surface area contributed by atoms with Gasteiger partial charge >= 0.3 is 5.97 Å². The van der Waals surface area contributed by atoms with Crippen LogP contribution in [0.25, 0.3) is 0 Å². The highest BCUT2D eigenvalue weighted by Crippen LogP contribution is 2.33. The maximum absolute atomic E-state index is 12.6. The van der Waals surface area contributed by atoms with Gasteiger partial charge in [-0.2, -0.15) is 0 Å². The van der Waals surface area contributed by atoms with E-state index in [1.807, 2.05) is 0 Å². The molecule has 8 heteroatoms. The van der Waals surface area contributed by atoms with Crippen molar-refractivity contribution in [2.45, 2.75) is 33.3 Å². The van der Waals surface area contributed by atoms with Crippen LogP contribution in [0.5, 0.6) is 23.0 Å². The summed E-state index contributed by atoms with van der Waals surface area (Å²) in [6.07, 6.45) is -0.105. The molecule has 172 valence electrons. The maximum atomic E-state index is 12.6. The molecule has 1 amide bonds. The van der Waals surface area contributed by atoms with Crippen molar-refractivity contribution in [2.75, 3.05) is 32.2 Å². The highest BCUT2D eigenvalue weighted by Gasteiger charge is 2.21. The zero-order chi connectivity index (χ0) is 23.1. The number of hydrogen-bond acceptors (Lipinski definition) is 7. The number of methoxy groups -OCH3 is 1. The van der Waals surface area contributed by atoms with E-state index in [9.17, 15) is 9.59 Å². The lowest BCUT2D eigenvalue weighted by molar-refractivity contribution is -0.123. The van der Waals surface area contributed by atoms with Crippen molar-refractivity contribution in [3.63, 3.8) is 0 Å². The van der Waals surface area contributed by atoms with Gasteiger partial charge in [-0.1, -0.05) is 13.8 Å². The van der Waals surface area contributed by atoms with Crippen LogP contribution in [0.3, 0.4) is 0 Å². The Kier molecular flexibility index (Phi) is 7.81. The predicted molar refractivity (Wildman–Crippen MR) is 119 cm³/mol. The smallest absolute Gasteiger partial charge is 0.339 e. The minimum absolute atomic E-state index is 0.261. The van der Waals surface area contributed by atoms with Crippen LogP contribution in [-0.2, 0) is 9.53 Å². The zero-order valence-electron chi connectivity index (χ0n) is 18.8.